The van der Waals surface area contributed by atoms with Gasteiger partial charge in [-0.15, -0.1) is 0 Å². The maximum atomic E-state index is 12.2. The molecule has 1 fully saturated rings. The van der Waals surface area contributed by atoms with Crippen LogP contribution in [-0.2, 0) is 27.3 Å². The van der Waals surface area contributed by atoms with Crippen LogP contribution in [0.4, 0.5) is 0 Å². The summed E-state index contributed by atoms with van der Waals surface area (Å²) in [6, 6.07) is 15.4. The third-order valence-corrected chi connectivity index (χ3v) is 6.71. The Labute approximate surface area is 196 Å². The van der Waals surface area contributed by atoms with Gasteiger partial charge >= 0.3 is 27.0 Å². The van der Waals surface area contributed by atoms with Crippen molar-refractivity contribution >= 4 is 19.7 Å². The molecule has 2 atom stereocenters. The number of nitrogens with one attached hydrogen (secondary N) is 1. The van der Waals surface area contributed by atoms with E-state index < -0.39 is 10.0 Å². The van der Waals surface area contributed by atoms with E-state index in [-0.39, 0.29) is 12.1 Å². The summed E-state index contributed by atoms with van der Waals surface area (Å²) in [6.45, 7) is 8.47. The molecule has 1 aliphatic rings. The van der Waals surface area contributed by atoms with Crippen molar-refractivity contribution in [2.24, 2.45) is 5.73 Å². The SMILES string of the molecule is Cc1ccc(C(C)C)cc1.Cc1ccc(S(=O)(=O)N[C@@H]2CCCC[C@H]2N)cc1.[Cl][Ru]. The molecular weight excluding hydrogens is 505 g/mol. The van der Waals surface area contributed by atoms with E-state index in [0.717, 1.165) is 31.2 Å². The Balaban J connectivity index is 0.000000318. The number of hydrogen-bond acceptors (Lipinski definition) is 3. The van der Waals surface area contributed by atoms with Crippen LogP contribution in [-0.4, -0.2) is 20.5 Å². The van der Waals surface area contributed by atoms with E-state index in [1.807, 2.05) is 24.2 Å². The zero-order chi connectivity index (χ0) is 22.7. The first-order valence-corrected chi connectivity index (χ1v) is 14.0. The molecule has 3 rings (SSSR count). The Kier molecular flexibility index (Phi) is 12.4. The summed E-state index contributed by atoms with van der Waals surface area (Å²) in [5.74, 6) is 0.653. The summed E-state index contributed by atoms with van der Waals surface area (Å²) in [7, 11) is 1.13. The molecule has 0 heterocycles. The zero-order valence-corrected chi connectivity index (χ0v) is 21.5. The summed E-state index contributed by atoms with van der Waals surface area (Å²) >= 11 is 1.82. The molecule has 0 spiro atoms. The molecule has 0 aliphatic heterocycles. The number of aryl methyl sites for hydroxylation is 2. The van der Waals surface area contributed by atoms with Crippen LogP contribution < -0.4 is 10.5 Å². The van der Waals surface area contributed by atoms with Crippen LogP contribution in [0.3, 0.4) is 0 Å². The van der Waals surface area contributed by atoms with Crippen LogP contribution in [0.15, 0.2) is 53.4 Å². The molecule has 30 heavy (non-hydrogen) atoms. The number of benzene rings is 2. The molecule has 0 saturated heterocycles. The number of rotatable bonds is 4. The van der Waals surface area contributed by atoms with Gasteiger partial charge in [-0.25, -0.2) is 13.1 Å². The molecule has 0 aromatic heterocycles. The molecule has 7 heteroatoms. The second kappa shape index (κ2) is 13.6. The Morgan fingerprint density at radius 2 is 1.40 bits per heavy atom. The van der Waals surface area contributed by atoms with Gasteiger partial charge in [0.15, 0.2) is 0 Å². The average Bonchev–Trinajstić information content (AvgIpc) is 2.72. The molecule has 4 nitrogen and oxygen atoms in total. The molecule has 1 aliphatic carbocycles. The van der Waals surface area contributed by atoms with E-state index >= 15 is 0 Å². The van der Waals surface area contributed by atoms with Crippen LogP contribution in [0.25, 0.3) is 0 Å². The standard InChI is InChI=1S/C13H20N2O2S.C10H14.ClH.Ru/c1-10-6-8-11(9-7-10)18(16,17)15-13-5-3-2-4-12(13)14;1-8(2)10-6-4-9(3)5-7-10;;/h6-9,12-13,15H,2-5,14H2,1H3;4-8H,1-3H3;1H;/q;;;+1/p-1/t12-,13-;;;/m1.../s1. The van der Waals surface area contributed by atoms with E-state index in [9.17, 15) is 8.42 Å². The molecular formula is C23H34ClN2O2RuS. The van der Waals surface area contributed by atoms with Gasteiger partial charge in [-0.1, -0.05) is 74.2 Å². The quantitative estimate of drug-likeness (QED) is 0.515. The van der Waals surface area contributed by atoms with Gasteiger partial charge in [-0.2, -0.15) is 0 Å². The predicted octanol–water partition coefficient (Wildman–Crippen LogP) is 5.35. The zero-order valence-electron chi connectivity index (χ0n) is 18.2. The Hall–Kier alpha value is -0.777. The second-order valence-electron chi connectivity index (χ2n) is 8.05. The Morgan fingerprint density at radius 3 is 1.87 bits per heavy atom. The fourth-order valence-electron chi connectivity index (χ4n) is 3.24. The van der Waals surface area contributed by atoms with E-state index in [2.05, 4.69) is 59.4 Å². The van der Waals surface area contributed by atoms with Crippen LogP contribution in [0.5, 0.6) is 0 Å². The summed E-state index contributed by atoms with van der Waals surface area (Å²) in [5, 5.41) is 0. The minimum atomic E-state index is -3.44. The van der Waals surface area contributed by atoms with Crippen molar-refractivity contribution in [1.29, 1.82) is 0 Å². The third-order valence-electron chi connectivity index (χ3n) is 5.20. The van der Waals surface area contributed by atoms with Crippen molar-refractivity contribution in [3.63, 3.8) is 0 Å². The van der Waals surface area contributed by atoms with Crippen molar-refractivity contribution in [3.8, 4) is 0 Å². The third kappa shape index (κ3) is 9.15. The first kappa shape index (κ1) is 27.3. The predicted molar refractivity (Wildman–Crippen MR) is 123 cm³/mol. The van der Waals surface area contributed by atoms with Crippen molar-refractivity contribution in [2.75, 3.05) is 0 Å². The van der Waals surface area contributed by atoms with E-state index in [4.69, 9.17) is 5.73 Å². The summed E-state index contributed by atoms with van der Waals surface area (Å²) in [4.78, 5) is 0.311. The van der Waals surface area contributed by atoms with Crippen molar-refractivity contribution in [3.05, 3.63) is 65.2 Å². The summed E-state index contributed by atoms with van der Waals surface area (Å²) in [5.41, 5.74) is 9.77. The van der Waals surface area contributed by atoms with Gasteiger partial charge in [-0.3, -0.25) is 0 Å². The molecule has 1 saturated carbocycles. The second-order valence-corrected chi connectivity index (χ2v) is 9.77. The molecule has 2 aromatic carbocycles. The van der Waals surface area contributed by atoms with Crippen molar-refractivity contribution < 1.29 is 25.7 Å². The van der Waals surface area contributed by atoms with Gasteiger partial charge in [0.05, 0.1) is 4.90 Å². The number of sulfonamides is 1. The van der Waals surface area contributed by atoms with Crippen molar-refractivity contribution in [1.82, 2.24) is 4.72 Å². The van der Waals surface area contributed by atoms with Gasteiger partial charge in [0, 0.05) is 12.1 Å². The normalized spacial score (nSPS) is 18.7. The Morgan fingerprint density at radius 1 is 0.933 bits per heavy atom. The van der Waals surface area contributed by atoms with Gasteiger partial charge in [0.2, 0.25) is 10.0 Å². The molecule has 0 amide bonds. The number of hydrogen-bond donors (Lipinski definition) is 2. The monoisotopic (exact) mass is 539 g/mol. The van der Waals surface area contributed by atoms with Crippen LogP contribution in [0.2, 0.25) is 0 Å². The first-order valence-electron chi connectivity index (χ1n) is 10.2. The fraction of sp³-hybridized carbons (Fsp3) is 0.478. The van der Waals surface area contributed by atoms with Gasteiger partial charge in [0.1, 0.15) is 0 Å². The molecule has 0 unspecified atom stereocenters. The fourth-order valence-corrected chi connectivity index (χ4v) is 4.56. The first-order chi connectivity index (χ1) is 14.2. The molecule has 2 aromatic rings. The van der Waals surface area contributed by atoms with Gasteiger partial charge in [-0.05, 0) is 50.3 Å². The van der Waals surface area contributed by atoms with Crippen LogP contribution in [0, 0.1) is 13.8 Å². The minimum absolute atomic E-state index is 0.0704. The maximum absolute atomic E-state index is 12.2. The number of halogens is 1. The van der Waals surface area contributed by atoms with E-state index in [1.165, 1.54) is 11.1 Å². The molecule has 0 bridgehead atoms. The van der Waals surface area contributed by atoms with Gasteiger partial charge in [0.25, 0.3) is 0 Å². The summed E-state index contributed by atoms with van der Waals surface area (Å²) < 4.78 is 27.1. The Bertz CT molecular complexity index is 841. The molecule has 3 N–H and O–H groups in total. The summed E-state index contributed by atoms with van der Waals surface area (Å²) in [6.07, 6.45) is 3.84. The molecule has 169 valence electrons. The van der Waals surface area contributed by atoms with Crippen molar-refractivity contribution in [2.45, 2.75) is 76.3 Å². The topological polar surface area (TPSA) is 72.2 Å². The van der Waals surface area contributed by atoms with Crippen LogP contribution >= 0.6 is 9.69 Å². The average molecular weight is 539 g/mol. The van der Waals surface area contributed by atoms with Crippen LogP contribution in [0.1, 0.15) is 62.1 Å². The van der Waals surface area contributed by atoms with E-state index in [1.54, 1.807) is 24.3 Å². The van der Waals surface area contributed by atoms with E-state index in [0.29, 0.717) is 10.8 Å². The molecule has 0 radical (unpaired) electrons. The van der Waals surface area contributed by atoms with Gasteiger partial charge < -0.3 is 5.73 Å². The number of nitrogens with two attached hydrogens (primary N) is 1.